The van der Waals surface area contributed by atoms with Crippen LogP contribution >= 0.6 is 0 Å². The predicted octanol–water partition coefficient (Wildman–Crippen LogP) is 4.53. The van der Waals surface area contributed by atoms with Crippen LogP contribution in [0.3, 0.4) is 0 Å². The largest absolute Gasteiger partial charge is 0.459 e. The van der Waals surface area contributed by atoms with Crippen LogP contribution in [-0.4, -0.2) is 63.2 Å². The summed E-state index contributed by atoms with van der Waals surface area (Å²) in [6.07, 6.45) is 6.46. The molecule has 0 radical (unpaired) electrons. The Hall–Kier alpha value is -4.47. The zero-order chi connectivity index (χ0) is 29.3. The number of aryl methyl sites for hydroxylation is 1. The van der Waals surface area contributed by atoms with E-state index in [1.165, 1.54) is 17.5 Å². The van der Waals surface area contributed by atoms with Gasteiger partial charge in [-0.15, -0.1) is 0 Å². The molecule has 1 aliphatic carbocycles. The van der Waals surface area contributed by atoms with Crippen molar-refractivity contribution in [1.82, 2.24) is 16.0 Å². The van der Waals surface area contributed by atoms with Crippen molar-refractivity contribution in [2.45, 2.75) is 45.1 Å². The summed E-state index contributed by atoms with van der Waals surface area (Å²) < 4.78 is 5.29. The van der Waals surface area contributed by atoms with Crippen LogP contribution in [0.4, 0.5) is 21.9 Å². The maximum atomic E-state index is 13.0. The van der Waals surface area contributed by atoms with E-state index < -0.39 is 0 Å². The molecule has 4 N–H and O–H groups in total. The second kappa shape index (κ2) is 13.9. The fraction of sp³-hybridized carbons (Fsp3) is 0.406. The molecule has 10 heteroatoms. The van der Waals surface area contributed by atoms with Gasteiger partial charge in [-0.3, -0.25) is 9.59 Å². The van der Waals surface area contributed by atoms with Gasteiger partial charge in [-0.1, -0.05) is 31.0 Å². The molecule has 1 aromatic heterocycles. The molecule has 0 bridgehead atoms. The maximum Gasteiger partial charge on any atom is 0.315 e. The average Bonchev–Trinajstić information content (AvgIpc) is 3.73. The highest BCUT2D eigenvalue weighted by molar-refractivity contribution is 6.05. The fourth-order valence-electron chi connectivity index (χ4n) is 5.65. The van der Waals surface area contributed by atoms with Crippen molar-refractivity contribution in [3.8, 4) is 0 Å². The van der Waals surface area contributed by atoms with Crippen molar-refractivity contribution in [2.75, 3.05) is 54.4 Å². The molecule has 2 aromatic carbocycles. The normalized spacial score (nSPS) is 15.4. The molecule has 0 spiro atoms. The molecule has 4 amide bonds. The summed E-state index contributed by atoms with van der Waals surface area (Å²) >= 11 is 0. The number of urea groups is 1. The van der Waals surface area contributed by atoms with E-state index in [-0.39, 0.29) is 29.6 Å². The van der Waals surface area contributed by atoms with Crippen LogP contribution in [0.1, 0.15) is 58.6 Å². The number of nitrogens with zero attached hydrogens (tertiary/aromatic N) is 2. The van der Waals surface area contributed by atoms with Gasteiger partial charge in [0.15, 0.2) is 5.76 Å². The van der Waals surface area contributed by atoms with E-state index in [9.17, 15) is 14.4 Å². The topological polar surface area (TPSA) is 119 Å². The van der Waals surface area contributed by atoms with E-state index in [0.717, 1.165) is 57.5 Å². The fourth-order valence-corrected chi connectivity index (χ4v) is 5.65. The number of nitrogens with one attached hydrogen (secondary N) is 4. The maximum absolute atomic E-state index is 13.0. The van der Waals surface area contributed by atoms with Crippen LogP contribution in [0, 0.1) is 6.92 Å². The molecule has 3 aromatic rings. The quantitative estimate of drug-likeness (QED) is 0.265. The van der Waals surface area contributed by atoms with Crippen molar-refractivity contribution in [2.24, 2.45) is 0 Å². The monoisotopic (exact) mass is 572 g/mol. The second-order valence-electron chi connectivity index (χ2n) is 10.9. The number of carbonyl (C=O) groups excluding carboxylic acids is 3. The van der Waals surface area contributed by atoms with Crippen molar-refractivity contribution in [1.29, 1.82) is 0 Å². The zero-order valence-electron chi connectivity index (χ0n) is 24.2. The first kappa shape index (κ1) is 29.0. The lowest BCUT2D eigenvalue weighted by Crippen LogP contribution is -2.47. The zero-order valence-corrected chi connectivity index (χ0v) is 24.2. The Bertz CT molecular complexity index is 1360. The number of carbonyl (C=O) groups is 3. The summed E-state index contributed by atoms with van der Waals surface area (Å²) in [7, 11) is 0. The number of benzene rings is 2. The molecule has 1 saturated carbocycles. The van der Waals surface area contributed by atoms with E-state index >= 15 is 0 Å². The Morgan fingerprint density at radius 2 is 1.55 bits per heavy atom. The third kappa shape index (κ3) is 7.43. The number of hydrogen-bond donors (Lipinski definition) is 4. The van der Waals surface area contributed by atoms with E-state index in [1.54, 1.807) is 24.3 Å². The minimum atomic E-state index is -0.376. The second-order valence-corrected chi connectivity index (χ2v) is 10.9. The number of para-hydroxylation sites is 1. The Labute approximate surface area is 246 Å². The van der Waals surface area contributed by atoms with E-state index in [4.69, 9.17) is 4.42 Å². The van der Waals surface area contributed by atoms with Gasteiger partial charge >= 0.3 is 6.03 Å². The summed E-state index contributed by atoms with van der Waals surface area (Å²) in [6.45, 7) is 6.22. The summed E-state index contributed by atoms with van der Waals surface area (Å²) in [6, 6.07) is 17.2. The molecule has 42 heavy (non-hydrogen) atoms. The molecule has 5 rings (SSSR count). The highest BCUT2D eigenvalue weighted by atomic mass is 16.3. The van der Waals surface area contributed by atoms with Crippen LogP contribution in [0.15, 0.2) is 65.3 Å². The van der Waals surface area contributed by atoms with Gasteiger partial charge < -0.3 is 35.5 Å². The molecule has 2 heterocycles. The van der Waals surface area contributed by atoms with Gasteiger partial charge in [-0.25, -0.2) is 4.79 Å². The van der Waals surface area contributed by atoms with Crippen LogP contribution in [0.2, 0.25) is 0 Å². The number of amides is 4. The number of rotatable bonds is 10. The first-order valence-corrected chi connectivity index (χ1v) is 14.8. The predicted molar refractivity (Wildman–Crippen MR) is 164 cm³/mol. The van der Waals surface area contributed by atoms with Gasteiger partial charge in [0.1, 0.15) is 0 Å². The van der Waals surface area contributed by atoms with Gasteiger partial charge in [0.2, 0.25) is 0 Å². The standard InChI is InChI=1S/C32H40N6O4/c1-23-8-2-5-11-27(23)37-17-19-38(20-18-37)28-14-13-24(22-26(28)36-31(40)29-12-6-21-42-29)30(39)33-15-7-16-34-32(41)35-25-9-3-4-10-25/h2,5-6,8,11-14,21-22,25H,3-4,7,9-10,15-20H2,1H3,(H,33,39)(H,36,40)(H2,34,35,41). The van der Waals surface area contributed by atoms with Crippen molar-refractivity contribution < 1.29 is 18.8 Å². The first-order valence-electron chi connectivity index (χ1n) is 14.8. The molecular weight excluding hydrogens is 532 g/mol. The molecule has 10 nitrogen and oxygen atoms in total. The molecule has 0 atom stereocenters. The highest BCUT2D eigenvalue weighted by Crippen LogP contribution is 2.30. The SMILES string of the molecule is Cc1ccccc1N1CCN(c2ccc(C(=O)NCCCNC(=O)NC3CCCC3)cc2NC(=O)c2ccco2)CC1. The average molecular weight is 573 g/mol. The van der Waals surface area contributed by atoms with Gasteiger partial charge in [0, 0.05) is 56.6 Å². The van der Waals surface area contributed by atoms with E-state index in [1.807, 2.05) is 12.1 Å². The van der Waals surface area contributed by atoms with Crippen LogP contribution < -0.4 is 31.1 Å². The van der Waals surface area contributed by atoms with Crippen LogP contribution in [0.25, 0.3) is 0 Å². The van der Waals surface area contributed by atoms with Gasteiger partial charge in [0.25, 0.3) is 11.8 Å². The number of hydrogen-bond acceptors (Lipinski definition) is 6. The minimum absolute atomic E-state index is 0.152. The third-order valence-corrected chi connectivity index (χ3v) is 7.94. The first-order chi connectivity index (χ1) is 20.5. The highest BCUT2D eigenvalue weighted by Gasteiger charge is 2.23. The lowest BCUT2D eigenvalue weighted by Gasteiger charge is -2.38. The molecule has 1 aliphatic heterocycles. The number of furan rings is 1. The molecular formula is C32H40N6O4. The van der Waals surface area contributed by atoms with Crippen molar-refractivity contribution in [3.05, 3.63) is 77.7 Å². The minimum Gasteiger partial charge on any atom is -0.459 e. The summed E-state index contributed by atoms with van der Waals surface area (Å²) in [5.74, 6) is -0.418. The molecule has 2 aliphatic rings. The summed E-state index contributed by atoms with van der Waals surface area (Å²) in [5, 5.41) is 11.7. The molecule has 222 valence electrons. The lowest BCUT2D eigenvalue weighted by atomic mass is 10.1. The van der Waals surface area contributed by atoms with Crippen LogP contribution in [0.5, 0.6) is 0 Å². The van der Waals surface area contributed by atoms with E-state index in [2.05, 4.69) is 56.2 Å². The molecule has 0 unspecified atom stereocenters. The van der Waals surface area contributed by atoms with Gasteiger partial charge in [-0.2, -0.15) is 0 Å². The van der Waals surface area contributed by atoms with Gasteiger partial charge in [0.05, 0.1) is 17.6 Å². The Morgan fingerprint density at radius 1 is 0.833 bits per heavy atom. The Kier molecular flexibility index (Phi) is 9.63. The molecule has 2 fully saturated rings. The lowest BCUT2D eigenvalue weighted by molar-refractivity contribution is 0.0951. The third-order valence-electron chi connectivity index (χ3n) is 7.94. The van der Waals surface area contributed by atoms with Crippen molar-refractivity contribution in [3.63, 3.8) is 0 Å². The van der Waals surface area contributed by atoms with Crippen LogP contribution in [-0.2, 0) is 0 Å². The Morgan fingerprint density at radius 3 is 2.26 bits per heavy atom. The molecule has 1 saturated heterocycles. The Balaban J connectivity index is 1.19. The summed E-state index contributed by atoms with van der Waals surface area (Å²) in [5.41, 5.74) is 4.34. The number of piperazine rings is 1. The summed E-state index contributed by atoms with van der Waals surface area (Å²) in [4.78, 5) is 42.5. The smallest absolute Gasteiger partial charge is 0.315 e. The number of anilines is 3. The van der Waals surface area contributed by atoms with E-state index in [0.29, 0.717) is 30.8 Å². The van der Waals surface area contributed by atoms with Gasteiger partial charge in [-0.05, 0) is 68.1 Å². The van der Waals surface area contributed by atoms with Crippen molar-refractivity contribution >= 4 is 34.9 Å².